The molecule has 150 valence electrons. The molecule has 7 heteroatoms. The van der Waals surface area contributed by atoms with Gasteiger partial charge in [0.1, 0.15) is 11.4 Å². The van der Waals surface area contributed by atoms with Crippen molar-refractivity contribution < 1.29 is 9.53 Å². The average Bonchev–Trinajstić information content (AvgIpc) is 3.46. The molecule has 1 aromatic carbocycles. The number of nitrogens with zero attached hydrogens (tertiary/aromatic N) is 5. The van der Waals surface area contributed by atoms with Crippen molar-refractivity contribution in [1.82, 2.24) is 24.2 Å². The van der Waals surface area contributed by atoms with Crippen LogP contribution < -0.4 is 4.74 Å². The van der Waals surface area contributed by atoms with Crippen LogP contribution in [0.2, 0.25) is 0 Å². The Bertz CT molecular complexity index is 1010. The van der Waals surface area contributed by atoms with E-state index in [9.17, 15) is 4.79 Å². The third-order valence-electron chi connectivity index (χ3n) is 6.35. The summed E-state index contributed by atoms with van der Waals surface area (Å²) in [6.45, 7) is 0. The Morgan fingerprint density at radius 2 is 1.93 bits per heavy atom. The number of carbonyl (C=O) groups excluding carboxylic acids is 1. The van der Waals surface area contributed by atoms with Gasteiger partial charge >= 0.3 is 0 Å². The standard InChI is InChI=1S/C22H25N5O2/c1-25-21(13-20(24-25)15-4-3-5-19(10-15)29-2)22(28)27-16-6-7-17(27)12-18(11-16)26-9-8-23-14-26/h3-5,8-10,13-14,16-18H,6-7,11-12H2,1-2H3. The van der Waals surface area contributed by atoms with E-state index in [0.717, 1.165) is 42.7 Å². The van der Waals surface area contributed by atoms with E-state index in [1.165, 1.54) is 0 Å². The van der Waals surface area contributed by atoms with Crippen LogP contribution in [0.5, 0.6) is 5.75 Å². The third-order valence-corrected chi connectivity index (χ3v) is 6.35. The minimum absolute atomic E-state index is 0.0886. The molecule has 2 saturated heterocycles. The van der Waals surface area contributed by atoms with Gasteiger partial charge in [0.2, 0.25) is 0 Å². The summed E-state index contributed by atoms with van der Waals surface area (Å²) in [4.78, 5) is 19.8. The van der Waals surface area contributed by atoms with Crippen molar-refractivity contribution in [3.05, 3.63) is 54.7 Å². The highest BCUT2D eigenvalue weighted by atomic mass is 16.5. The second-order valence-corrected chi connectivity index (χ2v) is 8.00. The minimum Gasteiger partial charge on any atom is -0.497 e. The van der Waals surface area contributed by atoms with Gasteiger partial charge in [-0.25, -0.2) is 4.98 Å². The van der Waals surface area contributed by atoms with Crippen LogP contribution in [-0.2, 0) is 7.05 Å². The number of hydrogen-bond acceptors (Lipinski definition) is 4. The van der Waals surface area contributed by atoms with E-state index in [-0.39, 0.29) is 18.0 Å². The van der Waals surface area contributed by atoms with Crippen LogP contribution in [0.1, 0.15) is 42.2 Å². The van der Waals surface area contributed by atoms with E-state index in [1.807, 2.05) is 56.1 Å². The minimum atomic E-state index is 0.0886. The first-order valence-corrected chi connectivity index (χ1v) is 10.1. The van der Waals surface area contributed by atoms with Crippen molar-refractivity contribution in [2.45, 2.75) is 43.8 Å². The molecular formula is C22H25N5O2. The molecule has 4 heterocycles. The fraction of sp³-hybridized carbons (Fsp3) is 0.409. The predicted molar refractivity (Wildman–Crippen MR) is 109 cm³/mol. The summed E-state index contributed by atoms with van der Waals surface area (Å²) in [6, 6.07) is 10.7. The number of piperidine rings is 1. The van der Waals surface area contributed by atoms with Crippen molar-refractivity contribution in [3.63, 3.8) is 0 Å². The van der Waals surface area contributed by atoms with E-state index in [0.29, 0.717) is 11.7 Å². The lowest BCUT2D eigenvalue weighted by atomic mass is 9.96. The number of hydrogen-bond donors (Lipinski definition) is 0. The van der Waals surface area contributed by atoms with Crippen LogP contribution in [0.3, 0.4) is 0 Å². The molecule has 2 unspecified atom stereocenters. The maximum atomic E-state index is 13.5. The van der Waals surface area contributed by atoms with Crippen molar-refractivity contribution in [1.29, 1.82) is 0 Å². The number of benzene rings is 1. The Balaban J connectivity index is 1.39. The zero-order valence-electron chi connectivity index (χ0n) is 16.7. The smallest absolute Gasteiger partial charge is 0.272 e. The Morgan fingerprint density at radius 1 is 1.14 bits per heavy atom. The van der Waals surface area contributed by atoms with Gasteiger partial charge in [0, 0.05) is 43.1 Å². The molecule has 2 fully saturated rings. The fourth-order valence-corrected chi connectivity index (χ4v) is 4.93. The number of carbonyl (C=O) groups is 1. The maximum Gasteiger partial charge on any atom is 0.272 e. The summed E-state index contributed by atoms with van der Waals surface area (Å²) in [5.41, 5.74) is 2.37. The van der Waals surface area contributed by atoms with E-state index < -0.39 is 0 Å². The maximum absolute atomic E-state index is 13.5. The van der Waals surface area contributed by atoms with Gasteiger partial charge in [-0.2, -0.15) is 5.10 Å². The first kappa shape index (κ1) is 18.0. The highest BCUT2D eigenvalue weighted by Gasteiger charge is 2.44. The van der Waals surface area contributed by atoms with Gasteiger partial charge in [-0.1, -0.05) is 12.1 Å². The van der Waals surface area contributed by atoms with Gasteiger partial charge in [0.15, 0.2) is 0 Å². The molecule has 0 aliphatic carbocycles. The SMILES string of the molecule is COc1cccc(-c2cc(C(=O)N3C4CCC3CC(n3ccnc3)C4)n(C)n2)c1. The summed E-state index contributed by atoms with van der Waals surface area (Å²) in [7, 11) is 3.49. The molecule has 2 bridgehead atoms. The molecular weight excluding hydrogens is 366 g/mol. The first-order chi connectivity index (χ1) is 14.1. The first-order valence-electron chi connectivity index (χ1n) is 10.1. The van der Waals surface area contributed by atoms with Crippen molar-refractivity contribution in [3.8, 4) is 17.0 Å². The Morgan fingerprint density at radius 3 is 2.62 bits per heavy atom. The second kappa shape index (κ2) is 7.06. The lowest BCUT2D eigenvalue weighted by molar-refractivity contribution is 0.0522. The third kappa shape index (κ3) is 3.10. The van der Waals surface area contributed by atoms with Gasteiger partial charge in [-0.15, -0.1) is 0 Å². The lowest BCUT2D eigenvalue weighted by Gasteiger charge is -2.39. The second-order valence-electron chi connectivity index (χ2n) is 8.00. The number of methoxy groups -OCH3 is 1. The molecule has 1 amide bonds. The average molecular weight is 391 g/mol. The normalized spacial score (nSPS) is 23.4. The molecule has 0 N–H and O–H groups in total. The molecule has 5 rings (SSSR count). The molecule has 2 atom stereocenters. The van der Waals surface area contributed by atoms with E-state index in [4.69, 9.17) is 4.74 Å². The molecule has 3 aromatic rings. The van der Waals surface area contributed by atoms with Crippen LogP contribution in [0.15, 0.2) is 49.1 Å². The number of ether oxygens (including phenoxy) is 1. The summed E-state index contributed by atoms with van der Waals surface area (Å²) >= 11 is 0. The Kier molecular flexibility index (Phi) is 4.38. The number of aromatic nitrogens is 4. The van der Waals surface area contributed by atoms with E-state index in [2.05, 4.69) is 19.5 Å². The molecule has 0 spiro atoms. The van der Waals surface area contributed by atoms with Crippen LogP contribution in [0, 0.1) is 0 Å². The Labute approximate surface area is 169 Å². The molecule has 0 saturated carbocycles. The summed E-state index contributed by atoms with van der Waals surface area (Å²) in [5, 5.41) is 4.60. The largest absolute Gasteiger partial charge is 0.497 e. The van der Waals surface area contributed by atoms with Crippen LogP contribution >= 0.6 is 0 Å². The fourth-order valence-electron chi connectivity index (χ4n) is 4.93. The molecule has 29 heavy (non-hydrogen) atoms. The highest BCUT2D eigenvalue weighted by molar-refractivity contribution is 5.94. The molecule has 2 aromatic heterocycles. The number of imidazole rings is 1. The van der Waals surface area contributed by atoms with Gasteiger partial charge in [-0.05, 0) is 43.9 Å². The van der Waals surface area contributed by atoms with Crippen LogP contribution in [0.25, 0.3) is 11.3 Å². The van der Waals surface area contributed by atoms with Gasteiger partial charge < -0.3 is 14.2 Å². The summed E-state index contributed by atoms with van der Waals surface area (Å²) < 4.78 is 9.22. The van der Waals surface area contributed by atoms with Crippen LogP contribution in [0.4, 0.5) is 0 Å². The van der Waals surface area contributed by atoms with Crippen molar-refractivity contribution in [2.75, 3.05) is 7.11 Å². The van der Waals surface area contributed by atoms with Crippen molar-refractivity contribution >= 4 is 5.91 Å². The van der Waals surface area contributed by atoms with Gasteiger partial charge in [0.25, 0.3) is 5.91 Å². The van der Waals surface area contributed by atoms with Crippen LogP contribution in [-0.4, -0.2) is 49.3 Å². The molecule has 2 aliphatic heterocycles. The number of fused-ring (bicyclic) bond motifs is 2. The predicted octanol–water partition coefficient (Wildman–Crippen LogP) is 3.30. The lowest BCUT2D eigenvalue weighted by Crippen LogP contribution is -2.47. The van der Waals surface area contributed by atoms with Gasteiger partial charge in [-0.3, -0.25) is 9.48 Å². The van der Waals surface area contributed by atoms with E-state index >= 15 is 0 Å². The molecule has 2 aliphatic rings. The number of aryl methyl sites for hydroxylation is 1. The summed E-state index contributed by atoms with van der Waals surface area (Å²) in [5.74, 6) is 0.867. The molecule has 0 radical (unpaired) electrons. The number of amides is 1. The molecule has 7 nitrogen and oxygen atoms in total. The zero-order chi connectivity index (χ0) is 20.0. The quantitative estimate of drug-likeness (QED) is 0.685. The van der Waals surface area contributed by atoms with Gasteiger partial charge in [0.05, 0.1) is 19.1 Å². The number of rotatable bonds is 4. The topological polar surface area (TPSA) is 65.2 Å². The monoisotopic (exact) mass is 391 g/mol. The van der Waals surface area contributed by atoms with E-state index in [1.54, 1.807) is 11.8 Å². The summed E-state index contributed by atoms with van der Waals surface area (Å²) in [6.07, 6.45) is 9.87. The van der Waals surface area contributed by atoms with Crippen molar-refractivity contribution in [2.24, 2.45) is 7.05 Å². The Hall–Kier alpha value is -3.09. The highest BCUT2D eigenvalue weighted by Crippen LogP contribution is 2.41. The zero-order valence-corrected chi connectivity index (χ0v) is 16.7.